The van der Waals surface area contributed by atoms with Gasteiger partial charge in [0.15, 0.2) is 0 Å². The van der Waals surface area contributed by atoms with Crippen molar-refractivity contribution in [1.29, 1.82) is 0 Å². The molecular formula is C17H14FN3O4. The number of benzene rings is 2. The minimum atomic E-state index is -0.640. The van der Waals surface area contributed by atoms with Gasteiger partial charge in [-0.2, -0.15) is 0 Å². The molecule has 7 nitrogen and oxygen atoms in total. The number of hydrogen-bond donors (Lipinski definition) is 2. The molecule has 0 aliphatic heterocycles. The summed E-state index contributed by atoms with van der Waals surface area (Å²) in [6.45, 7) is 0. The van der Waals surface area contributed by atoms with Gasteiger partial charge in [-0.25, -0.2) is 14.2 Å². The summed E-state index contributed by atoms with van der Waals surface area (Å²) >= 11 is 0. The number of esters is 1. The van der Waals surface area contributed by atoms with Crippen LogP contribution >= 0.6 is 0 Å². The van der Waals surface area contributed by atoms with Crippen LogP contribution in [-0.2, 0) is 4.74 Å². The van der Waals surface area contributed by atoms with Gasteiger partial charge in [-0.15, -0.1) is 0 Å². The molecule has 0 unspecified atom stereocenters. The number of halogens is 1. The number of H-pyrrole nitrogens is 1. The van der Waals surface area contributed by atoms with E-state index in [1.54, 1.807) is 6.07 Å². The largest absolute Gasteiger partial charge is 0.497 e. The summed E-state index contributed by atoms with van der Waals surface area (Å²) in [6.07, 6.45) is 1.37. The molecule has 0 aliphatic rings. The summed E-state index contributed by atoms with van der Waals surface area (Å²) in [5.41, 5.74) is 1.10. The zero-order valence-corrected chi connectivity index (χ0v) is 13.4. The van der Waals surface area contributed by atoms with Crippen molar-refractivity contribution in [3.05, 3.63) is 53.6 Å². The predicted molar refractivity (Wildman–Crippen MR) is 88.3 cm³/mol. The van der Waals surface area contributed by atoms with Crippen molar-refractivity contribution in [2.24, 2.45) is 0 Å². The number of aromatic amines is 1. The molecule has 1 heterocycles. The fourth-order valence-electron chi connectivity index (χ4n) is 2.42. The van der Waals surface area contributed by atoms with Crippen LogP contribution in [0.4, 0.5) is 10.1 Å². The Hall–Kier alpha value is -3.42. The number of nitrogens with zero attached hydrogens (tertiary/aromatic N) is 1. The van der Waals surface area contributed by atoms with Crippen LogP contribution in [0, 0.1) is 5.82 Å². The SMILES string of the molecule is COC(=O)c1cc(OC)ccc1NC(=O)c1cc(F)cc2[nH]cnc12. The smallest absolute Gasteiger partial charge is 0.340 e. The van der Waals surface area contributed by atoms with Crippen molar-refractivity contribution in [3.63, 3.8) is 0 Å². The molecule has 0 saturated carbocycles. The molecule has 0 radical (unpaired) electrons. The average Bonchev–Trinajstić information content (AvgIpc) is 3.08. The molecule has 2 aromatic carbocycles. The maximum absolute atomic E-state index is 13.7. The lowest BCUT2D eigenvalue weighted by molar-refractivity contribution is 0.0601. The molecule has 1 amide bonds. The molecule has 0 bridgehead atoms. The molecule has 0 spiro atoms. The summed E-state index contributed by atoms with van der Waals surface area (Å²) in [6, 6.07) is 6.85. The van der Waals surface area contributed by atoms with Crippen molar-refractivity contribution >= 4 is 28.6 Å². The lowest BCUT2D eigenvalue weighted by Gasteiger charge is -2.11. The summed E-state index contributed by atoms with van der Waals surface area (Å²) < 4.78 is 23.5. The molecule has 0 saturated heterocycles. The summed E-state index contributed by atoms with van der Waals surface area (Å²) in [5.74, 6) is -1.39. The molecule has 0 fully saturated rings. The third kappa shape index (κ3) is 3.14. The van der Waals surface area contributed by atoms with E-state index in [0.29, 0.717) is 16.8 Å². The van der Waals surface area contributed by atoms with Gasteiger partial charge in [0, 0.05) is 0 Å². The Kier molecular flexibility index (Phi) is 4.34. The number of anilines is 1. The molecule has 1 aromatic heterocycles. The highest BCUT2D eigenvalue weighted by molar-refractivity contribution is 6.13. The fourth-order valence-corrected chi connectivity index (χ4v) is 2.42. The van der Waals surface area contributed by atoms with Crippen molar-refractivity contribution < 1.29 is 23.5 Å². The standard InChI is InChI=1S/C17H14FN3O4/c1-24-10-3-4-13(11(7-10)17(23)25-2)21-16(22)12-5-9(18)6-14-15(12)20-8-19-14/h3-8H,1-2H3,(H,19,20)(H,21,22). The number of methoxy groups -OCH3 is 2. The average molecular weight is 343 g/mol. The first-order valence-electron chi connectivity index (χ1n) is 7.24. The van der Waals surface area contributed by atoms with Crippen LogP contribution in [0.15, 0.2) is 36.7 Å². The van der Waals surface area contributed by atoms with E-state index >= 15 is 0 Å². The Morgan fingerprint density at radius 3 is 2.68 bits per heavy atom. The normalized spacial score (nSPS) is 10.5. The van der Waals surface area contributed by atoms with Crippen LogP contribution in [-0.4, -0.2) is 36.1 Å². The molecule has 0 atom stereocenters. The summed E-state index contributed by atoms with van der Waals surface area (Å²) in [5, 5.41) is 2.59. The first-order valence-corrected chi connectivity index (χ1v) is 7.24. The third-order valence-corrected chi connectivity index (χ3v) is 3.61. The van der Waals surface area contributed by atoms with Gasteiger partial charge in [0.25, 0.3) is 5.91 Å². The molecule has 0 aliphatic carbocycles. The highest BCUT2D eigenvalue weighted by Gasteiger charge is 2.19. The second-order valence-corrected chi connectivity index (χ2v) is 5.11. The number of fused-ring (bicyclic) bond motifs is 1. The van der Waals surface area contributed by atoms with E-state index in [0.717, 1.165) is 6.07 Å². The number of imidazole rings is 1. The van der Waals surface area contributed by atoms with Crippen LogP contribution in [0.2, 0.25) is 0 Å². The van der Waals surface area contributed by atoms with Gasteiger partial charge in [-0.05, 0) is 30.3 Å². The Morgan fingerprint density at radius 1 is 1.16 bits per heavy atom. The van der Waals surface area contributed by atoms with Gasteiger partial charge < -0.3 is 19.8 Å². The van der Waals surface area contributed by atoms with Crippen molar-refractivity contribution in [2.45, 2.75) is 0 Å². The number of carbonyl (C=O) groups is 2. The number of hydrogen-bond acceptors (Lipinski definition) is 5. The van der Waals surface area contributed by atoms with Gasteiger partial charge in [0.1, 0.15) is 17.1 Å². The Morgan fingerprint density at radius 2 is 1.96 bits per heavy atom. The van der Waals surface area contributed by atoms with Gasteiger partial charge in [0.2, 0.25) is 0 Å². The maximum atomic E-state index is 13.7. The van der Waals surface area contributed by atoms with Crippen LogP contribution in [0.5, 0.6) is 5.75 Å². The highest BCUT2D eigenvalue weighted by atomic mass is 19.1. The zero-order chi connectivity index (χ0) is 18.0. The van der Waals surface area contributed by atoms with E-state index < -0.39 is 17.7 Å². The number of rotatable bonds is 4. The number of carbonyl (C=O) groups excluding carboxylic acids is 2. The lowest BCUT2D eigenvalue weighted by Crippen LogP contribution is -2.16. The summed E-state index contributed by atoms with van der Waals surface area (Å²) in [4.78, 5) is 31.3. The molecule has 8 heteroatoms. The van der Waals surface area contributed by atoms with E-state index in [4.69, 9.17) is 9.47 Å². The minimum absolute atomic E-state index is 0.0443. The number of ether oxygens (including phenoxy) is 2. The maximum Gasteiger partial charge on any atom is 0.340 e. The van der Waals surface area contributed by atoms with Crippen molar-refractivity contribution in [1.82, 2.24) is 9.97 Å². The summed E-state index contributed by atoms with van der Waals surface area (Å²) in [7, 11) is 2.68. The van der Waals surface area contributed by atoms with Gasteiger partial charge in [0.05, 0.1) is 42.9 Å². The van der Waals surface area contributed by atoms with Crippen LogP contribution in [0.3, 0.4) is 0 Å². The number of amides is 1. The van der Waals surface area contributed by atoms with E-state index in [1.165, 1.54) is 38.7 Å². The van der Waals surface area contributed by atoms with E-state index in [2.05, 4.69) is 15.3 Å². The van der Waals surface area contributed by atoms with E-state index in [9.17, 15) is 14.0 Å². The quantitative estimate of drug-likeness (QED) is 0.711. The van der Waals surface area contributed by atoms with Gasteiger partial charge >= 0.3 is 5.97 Å². The Bertz CT molecular complexity index is 968. The third-order valence-electron chi connectivity index (χ3n) is 3.61. The molecule has 3 rings (SSSR count). The molecule has 25 heavy (non-hydrogen) atoms. The number of nitrogens with one attached hydrogen (secondary N) is 2. The highest BCUT2D eigenvalue weighted by Crippen LogP contribution is 2.25. The topological polar surface area (TPSA) is 93.3 Å². The Balaban J connectivity index is 2.00. The first-order chi connectivity index (χ1) is 12.0. The Labute approximate surface area is 141 Å². The van der Waals surface area contributed by atoms with Crippen LogP contribution in [0.25, 0.3) is 11.0 Å². The molecule has 128 valence electrons. The second-order valence-electron chi connectivity index (χ2n) is 5.11. The van der Waals surface area contributed by atoms with E-state index in [-0.39, 0.29) is 16.8 Å². The molecular weight excluding hydrogens is 329 g/mol. The van der Waals surface area contributed by atoms with Crippen LogP contribution in [0.1, 0.15) is 20.7 Å². The predicted octanol–water partition coefficient (Wildman–Crippen LogP) is 2.75. The van der Waals surface area contributed by atoms with Crippen molar-refractivity contribution in [3.8, 4) is 5.75 Å². The fraction of sp³-hybridized carbons (Fsp3) is 0.118. The molecule has 2 N–H and O–H groups in total. The second kappa shape index (κ2) is 6.60. The van der Waals surface area contributed by atoms with E-state index in [1.807, 2.05) is 0 Å². The molecule has 3 aromatic rings. The monoisotopic (exact) mass is 343 g/mol. The first kappa shape index (κ1) is 16.4. The number of aromatic nitrogens is 2. The van der Waals surface area contributed by atoms with Gasteiger partial charge in [-0.3, -0.25) is 4.79 Å². The van der Waals surface area contributed by atoms with Gasteiger partial charge in [-0.1, -0.05) is 0 Å². The van der Waals surface area contributed by atoms with Crippen molar-refractivity contribution in [2.75, 3.05) is 19.5 Å². The van der Waals surface area contributed by atoms with Crippen LogP contribution < -0.4 is 10.1 Å². The minimum Gasteiger partial charge on any atom is -0.497 e. The zero-order valence-electron chi connectivity index (χ0n) is 13.4. The lowest BCUT2D eigenvalue weighted by atomic mass is 10.1.